The fourth-order valence-electron chi connectivity index (χ4n) is 3.49. The van der Waals surface area contributed by atoms with E-state index in [1.54, 1.807) is 24.4 Å². The van der Waals surface area contributed by atoms with Gasteiger partial charge in [0.05, 0.1) is 27.1 Å². The van der Waals surface area contributed by atoms with Crippen molar-refractivity contribution < 1.29 is 14.5 Å². The van der Waals surface area contributed by atoms with Crippen molar-refractivity contribution in [3.63, 3.8) is 0 Å². The van der Waals surface area contributed by atoms with Crippen LogP contribution < -0.4 is 5.32 Å². The van der Waals surface area contributed by atoms with Crippen LogP contribution in [0.1, 0.15) is 20.7 Å². The number of aromatic amines is 1. The van der Waals surface area contributed by atoms with E-state index in [-0.39, 0.29) is 16.8 Å². The molecule has 0 saturated heterocycles. The van der Waals surface area contributed by atoms with Crippen LogP contribution in [0, 0.1) is 10.1 Å². The number of hydrogen-bond acceptors (Lipinski definition) is 5. The molecule has 4 aromatic rings. The summed E-state index contributed by atoms with van der Waals surface area (Å²) in [6.45, 7) is 0. The van der Waals surface area contributed by atoms with Gasteiger partial charge < -0.3 is 4.98 Å². The number of carbonyl (C=O) groups is 2. The molecule has 0 unspecified atom stereocenters. The third kappa shape index (κ3) is 1.62. The van der Waals surface area contributed by atoms with E-state index in [1.165, 1.54) is 12.1 Å². The van der Waals surface area contributed by atoms with Crippen molar-refractivity contribution >= 4 is 50.2 Å². The number of hydrogen-bond donors (Lipinski definition) is 2. The maximum Gasteiger partial charge on any atom is 0.270 e. The van der Waals surface area contributed by atoms with Crippen molar-refractivity contribution in [3.8, 4) is 0 Å². The van der Waals surface area contributed by atoms with E-state index in [4.69, 9.17) is 0 Å². The van der Waals surface area contributed by atoms with Crippen LogP contribution in [0.25, 0.3) is 32.7 Å². The SMILES string of the molecule is O=C1NC(=O)c2c1c1cccnc1c1[nH]c3ccc([N+](=O)[O-])cc3c21. The van der Waals surface area contributed by atoms with Gasteiger partial charge in [-0.3, -0.25) is 30.0 Å². The number of nitro benzene ring substituents is 1. The number of fused-ring (bicyclic) bond motifs is 8. The Balaban J connectivity index is 2.10. The predicted octanol–water partition coefficient (Wildman–Crippen LogP) is 2.66. The van der Waals surface area contributed by atoms with Gasteiger partial charge >= 0.3 is 0 Å². The van der Waals surface area contributed by atoms with E-state index < -0.39 is 16.7 Å². The first-order valence-electron chi connectivity index (χ1n) is 7.42. The molecule has 25 heavy (non-hydrogen) atoms. The molecule has 8 nitrogen and oxygen atoms in total. The van der Waals surface area contributed by atoms with E-state index in [1.807, 2.05) is 0 Å². The number of pyridine rings is 1. The largest absolute Gasteiger partial charge is 0.353 e. The number of rotatable bonds is 1. The highest BCUT2D eigenvalue weighted by Crippen LogP contribution is 2.39. The predicted molar refractivity (Wildman–Crippen MR) is 89.6 cm³/mol. The molecule has 1 aliphatic rings. The number of carbonyl (C=O) groups excluding carboxylic acids is 2. The van der Waals surface area contributed by atoms with Crippen molar-refractivity contribution in [2.24, 2.45) is 0 Å². The molecule has 2 amide bonds. The van der Waals surface area contributed by atoms with Crippen molar-refractivity contribution in [1.82, 2.24) is 15.3 Å². The van der Waals surface area contributed by atoms with E-state index >= 15 is 0 Å². The molecule has 1 aliphatic heterocycles. The van der Waals surface area contributed by atoms with Gasteiger partial charge in [-0.15, -0.1) is 0 Å². The summed E-state index contributed by atoms with van der Waals surface area (Å²) >= 11 is 0. The lowest BCUT2D eigenvalue weighted by Crippen LogP contribution is -2.20. The molecular weight excluding hydrogens is 324 g/mol. The highest BCUT2D eigenvalue weighted by Gasteiger charge is 2.33. The van der Waals surface area contributed by atoms with Gasteiger partial charge in [-0.05, 0) is 12.1 Å². The van der Waals surface area contributed by atoms with Crippen molar-refractivity contribution in [1.29, 1.82) is 0 Å². The zero-order valence-corrected chi connectivity index (χ0v) is 12.5. The summed E-state index contributed by atoms with van der Waals surface area (Å²) in [7, 11) is 0. The molecule has 8 heteroatoms. The van der Waals surface area contributed by atoms with Crippen LogP contribution in [-0.4, -0.2) is 26.7 Å². The minimum atomic E-state index is -0.511. The number of nitro groups is 1. The zero-order valence-electron chi connectivity index (χ0n) is 12.5. The number of amides is 2. The normalized spacial score (nSPS) is 13.6. The van der Waals surface area contributed by atoms with E-state index in [9.17, 15) is 19.7 Å². The first kappa shape index (κ1) is 13.6. The number of nitrogens with one attached hydrogen (secondary N) is 2. The molecular formula is C17H8N4O4. The van der Waals surface area contributed by atoms with Crippen LogP contribution in [0.3, 0.4) is 0 Å². The van der Waals surface area contributed by atoms with Crippen LogP contribution in [0.15, 0.2) is 36.5 Å². The summed E-state index contributed by atoms with van der Waals surface area (Å²) in [5, 5.41) is 15.0. The Morgan fingerprint density at radius 2 is 1.84 bits per heavy atom. The summed E-state index contributed by atoms with van der Waals surface area (Å²) < 4.78 is 0. The van der Waals surface area contributed by atoms with Crippen molar-refractivity contribution in [2.75, 3.05) is 0 Å². The third-order valence-electron chi connectivity index (χ3n) is 4.49. The van der Waals surface area contributed by atoms with Crippen molar-refractivity contribution in [3.05, 3.63) is 57.8 Å². The van der Waals surface area contributed by atoms with Gasteiger partial charge in [0.15, 0.2) is 0 Å². The van der Waals surface area contributed by atoms with Crippen LogP contribution in [0.5, 0.6) is 0 Å². The summed E-state index contributed by atoms with van der Waals surface area (Å²) in [5.41, 5.74) is 2.15. The van der Waals surface area contributed by atoms with E-state index in [0.717, 1.165) is 0 Å². The molecule has 0 saturated carbocycles. The second-order valence-electron chi connectivity index (χ2n) is 5.79. The minimum absolute atomic E-state index is 0.0898. The molecule has 0 bridgehead atoms. The number of benzene rings is 2. The Hall–Kier alpha value is -3.81. The molecule has 5 rings (SSSR count). The fraction of sp³-hybridized carbons (Fsp3) is 0. The summed E-state index contributed by atoms with van der Waals surface area (Å²) in [5.74, 6) is -0.997. The molecule has 0 spiro atoms. The molecule has 2 aromatic carbocycles. The Morgan fingerprint density at radius 1 is 1.04 bits per heavy atom. The lowest BCUT2D eigenvalue weighted by atomic mass is 9.97. The topological polar surface area (TPSA) is 118 Å². The summed E-state index contributed by atoms with van der Waals surface area (Å²) in [6, 6.07) is 7.80. The van der Waals surface area contributed by atoms with Crippen LogP contribution in [-0.2, 0) is 0 Å². The maximum absolute atomic E-state index is 12.4. The third-order valence-corrected chi connectivity index (χ3v) is 4.49. The number of non-ortho nitro benzene ring substituents is 1. The average molecular weight is 332 g/mol. The number of nitrogens with zero attached hydrogens (tertiary/aromatic N) is 2. The molecule has 0 radical (unpaired) electrons. The molecule has 120 valence electrons. The smallest absolute Gasteiger partial charge is 0.270 e. The van der Waals surface area contributed by atoms with Gasteiger partial charge in [-0.25, -0.2) is 0 Å². The molecule has 0 atom stereocenters. The Kier molecular flexibility index (Phi) is 2.39. The maximum atomic E-state index is 12.4. The molecule has 2 N–H and O–H groups in total. The zero-order chi connectivity index (χ0) is 17.3. The quantitative estimate of drug-likeness (QED) is 0.315. The Morgan fingerprint density at radius 3 is 2.64 bits per heavy atom. The average Bonchev–Trinajstić information content (AvgIpc) is 3.12. The van der Waals surface area contributed by atoms with Gasteiger partial charge in [-0.1, -0.05) is 6.07 Å². The monoisotopic (exact) mass is 332 g/mol. The lowest BCUT2D eigenvalue weighted by Gasteiger charge is -2.04. The highest BCUT2D eigenvalue weighted by molar-refractivity contribution is 6.36. The van der Waals surface area contributed by atoms with Crippen LogP contribution in [0.4, 0.5) is 5.69 Å². The Bertz CT molecular complexity index is 1290. The lowest BCUT2D eigenvalue weighted by molar-refractivity contribution is -0.384. The molecule has 0 fully saturated rings. The number of imide groups is 1. The standard InChI is InChI=1S/C17H8N4O4/c22-16-12-8-2-1-5-18-14(8)15-11(13(12)17(23)20-16)9-6-7(21(24)25)3-4-10(9)19-15/h1-6,19H,(H,20,22,23). The summed E-state index contributed by atoms with van der Waals surface area (Å²) in [4.78, 5) is 42.8. The first-order valence-corrected chi connectivity index (χ1v) is 7.42. The highest BCUT2D eigenvalue weighted by atomic mass is 16.6. The second kappa shape index (κ2) is 4.38. The summed E-state index contributed by atoms with van der Waals surface area (Å²) in [6.07, 6.45) is 1.59. The van der Waals surface area contributed by atoms with E-state index in [0.29, 0.717) is 32.7 Å². The second-order valence-corrected chi connectivity index (χ2v) is 5.79. The van der Waals surface area contributed by atoms with Crippen LogP contribution >= 0.6 is 0 Å². The number of H-pyrrole nitrogens is 1. The van der Waals surface area contributed by atoms with Crippen molar-refractivity contribution in [2.45, 2.75) is 0 Å². The van der Waals surface area contributed by atoms with Gasteiger partial charge in [0.2, 0.25) is 0 Å². The molecule has 3 heterocycles. The fourth-order valence-corrected chi connectivity index (χ4v) is 3.49. The van der Waals surface area contributed by atoms with Gasteiger partial charge in [0.25, 0.3) is 17.5 Å². The van der Waals surface area contributed by atoms with Gasteiger partial charge in [0, 0.05) is 40.0 Å². The van der Waals surface area contributed by atoms with Crippen LogP contribution in [0.2, 0.25) is 0 Å². The van der Waals surface area contributed by atoms with Gasteiger partial charge in [-0.2, -0.15) is 0 Å². The molecule has 2 aromatic heterocycles. The van der Waals surface area contributed by atoms with E-state index in [2.05, 4.69) is 15.3 Å². The number of aromatic nitrogens is 2. The molecule has 0 aliphatic carbocycles. The minimum Gasteiger partial charge on any atom is -0.353 e. The Labute approximate surface area is 138 Å². The van der Waals surface area contributed by atoms with Gasteiger partial charge in [0.1, 0.15) is 0 Å². The first-order chi connectivity index (χ1) is 12.1.